The van der Waals surface area contributed by atoms with Crippen molar-refractivity contribution in [2.24, 2.45) is 17.8 Å². The fourth-order valence-corrected chi connectivity index (χ4v) is 4.20. The standard InChI is InChI=1S/C18H26N4O4/c1-9(2)19-18(24)26-11-4-3-10(5-11)14-6-15(22-21-14)20-17(23)16-12-7-25-8-13(12)16/h6,9-13,16H,3-5,7-8H2,1-2H3,(H,19,24)(H2,20,21,22,23)/t10-,11+,12-,13+,16?/m0/s1. The maximum absolute atomic E-state index is 12.3. The highest BCUT2D eigenvalue weighted by atomic mass is 16.6. The van der Waals surface area contributed by atoms with Crippen LogP contribution in [0.15, 0.2) is 6.07 Å². The van der Waals surface area contributed by atoms with Crippen LogP contribution in [0.5, 0.6) is 0 Å². The highest BCUT2D eigenvalue weighted by molar-refractivity contribution is 5.94. The van der Waals surface area contributed by atoms with E-state index in [-0.39, 0.29) is 36.0 Å². The first-order valence-electron chi connectivity index (χ1n) is 9.42. The molecule has 2 aliphatic carbocycles. The van der Waals surface area contributed by atoms with Gasteiger partial charge in [0, 0.05) is 29.6 Å². The zero-order valence-corrected chi connectivity index (χ0v) is 15.2. The van der Waals surface area contributed by atoms with Crippen LogP contribution in [0.3, 0.4) is 0 Å². The van der Waals surface area contributed by atoms with Crippen LogP contribution in [0.4, 0.5) is 10.6 Å². The molecule has 1 aromatic heterocycles. The molecule has 1 unspecified atom stereocenters. The molecule has 1 saturated heterocycles. The third kappa shape index (κ3) is 3.56. The Morgan fingerprint density at radius 2 is 2.08 bits per heavy atom. The molecule has 142 valence electrons. The van der Waals surface area contributed by atoms with Gasteiger partial charge < -0.3 is 20.1 Å². The molecule has 5 atom stereocenters. The number of amides is 2. The summed E-state index contributed by atoms with van der Waals surface area (Å²) in [6.07, 6.45) is 2.10. The van der Waals surface area contributed by atoms with Crippen molar-refractivity contribution < 1.29 is 19.1 Å². The Bertz CT molecular complexity index is 678. The number of fused-ring (bicyclic) bond motifs is 1. The van der Waals surface area contributed by atoms with Crippen LogP contribution in [0, 0.1) is 17.8 Å². The number of rotatable bonds is 5. The van der Waals surface area contributed by atoms with E-state index in [1.807, 2.05) is 19.9 Å². The Kier molecular flexibility index (Phi) is 4.60. The van der Waals surface area contributed by atoms with Crippen LogP contribution < -0.4 is 10.6 Å². The lowest BCUT2D eigenvalue weighted by Crippen LogP contribution is -2.33. The summed E-state index contributed by atoms with van der Waals surface area (Å²) in [7, 11) is 0. The van der Waals surface area contributed by atoms with Gasteiger partial charge in [-0.05, 0) is 44.9 Å². The lowest BCUT2D eigenvalue weighted by atomic mass is 10.0. The third-order valence-corrected chi connectivity index (χ3v) is 5.61. The number of carbonyl (C=O) groups is 2. The van der Waals surface area contributed by atoms with E-state index in [1.165, 1.54) is 0 Å². The van der Waals surface area contributed by atoms with Crippen molar-refractivity contribution in [3.63, 3.8) is 0 Å². The fourth-order valence-electron chi connectivity index (χ4n) is 4.20. The second kappa shape index (κ2) is 6.90. The lowest BCUT2D eigenvalue weighted by Gasteiger charge is -2.14. The first kappa shape index (κ1) is 17.3. The summed E-state index contributed by atoms with van der Waals surface area (Å²) in [5.74, 6) is 1.72. The van der Waals surface area contributed by atoms with Crippen molar-refractivity contribution in [2.45, 2.75) is 51.2 Å². The number of aromatic nitrogens is 2. The summed E-state index contributed by atoms with van der Waals surface area (Å²) < 4.78 is 10.8. The third-order valence-electron chi connectivity index (χ3n) is 5.61. The highest BCUT2D eigenvalue weighted by Gasteiger charge is 2.58. The van der Waals surface area contributed by atoms with E-state index in [2.05, 4.69) is 20.8 Å². The molecule has 8 nitrogen and oxygen atoms in total. The molecule has 2 heterocycles. The van der Waals surface area contributed by atoms with Gasteiger partial charge in [0.15, 0.2) is 5.82 Å². The first-order chi connectivity index (χ1) is 12.5. The van der Waals surface area contributed by atoms with Crippen LogP contribution in [-0.2, 0) is 14.3 Å². The van der Waals surface area contributed by atoms with Gasteiger partial charge in [0.25, 0.3) is 0 Å². The summed E-state index contributed by atoms with van der Waals surface area (Å²) in [5.41, 5.74) is 0.981. The SMILES string of the molecule is CC(C)NC(=O)O[C@@H]1CC[C@H](c2cc(NC(=O)C3[C@H]4COC[C@@H]34)n[nH]2)C1. The summed E-state index contributed by atoms with van der Waals surface area (Å²) in [6, 6.07) is 1.96. The van der Waals surface area contributed by atoms with Gasteiger partial charge in [-0.2, -0.15) is 5.10 Å². The van der Waals surface area contributed by atoms with Crippen molar-refractivity contribution in [1.29, 1.82) is 0 Å². The number of anilines is 1. The molecule has 4 rings (SSSR count). The summed E-state index contributed by atoms with van der Waals surface area (Å²) in [6.45, 7) is 5.20. The maximum Gasteiger partial charge on any atom is 0.407 e. The van der Waals surface area contributed by atoms with Gasteiger partial charge in [0.2, 0.25) is 5.91 Å². The topological polar surface area (TPSA) is 105 Å². The molecule has 3 N–H and O–H groups in total. The summed E-state index contributed by atoms with van der Waals surface area (Å²) in [5, 5.41) is 12.9. The molecule has 3 aliphatic rings. The van der Waals surface area contributed by atoms with Gasteiger partial charge in [-0.25, -0.2) is 4.79 Å². The van der Waals surface area contributed by atoms with Gasteiger partial charge in [-0.3, -0.25) is 9.89 Å². The smallest absolute Gasteiger partial charge is 0.407 e. The Balaban J connectivity index is 1.27. The van der Waals surface area contributed by atoms with Crippen molar-refractivity contribution in [3.05, 3.63) is 11.8 Å². The first-order valence-corrected chi connectivity index (χ1v) is 9.42. The number of aromatic amines is 1. The van der Waals surface area contributed by atoms with Crippen molar-refractivity contribution >= 4 is 17.8 Å². The highest BCUT2D eigenvalue weighted by Crippen LogP contribution is 2.51. The van der Waals surface area contributed by atoms with E-state index in [9.17, 15) is 9.59 Å². The van der Waals surface area contributed by atoms with Crippen LogP contribution in [0.25, 0.3) is 0 Å². The number of hydrogen-bond acceptors (Lipinski definition) is 5. The number of ether oxygens (including phenoxy) is 2. The molecule has 3 fully saturated rings. The molecule has 1 aliphatic heterocycles. The Morgan fingerprint density at radius 1 is 1.31 bits per heavy atom. The van der Waals surface area contributed by atoms with Crippen molar-refractivity contribution in [2.75, 3.05) is 18.5 Å². The Morgan fingerprint density at radius 3 is 2.81 bits per heavy atom. The normalized spacial score (nSPS) is 32.3. The minimum atomic E-state index is -0.359. The number of hydrogen-bond donors (Lipinski definition) is 3. The van der Waals surface area contributed by atoms with Gasteiger partial charge in [-0.15, -0.1) is 0 Å². The molecular formula is C18H26N4O4. The van der Waals surface area contributed by atoms with E-state index in [0.29, 0.717) is 30.9 Å². The number of nitrogens with zero attached hydrogens (tertiary/aromatic N) is 1. The summed E-state index contributed by atoms with van der Waals surface area (Å²) >= 11 is 0. The number of H-pyrrole nitrogens is 1. The lowest BCUT2D eigenvalue weighted by molar-refractivity contribution is -0.118. The van der Waals surface area contributed by atoms with E-state index in [4.69, 9.17) is 9.47 Å². The predicted octanol–water partition coefficient (Wildman–Crippen LogP) is 2.01. The van der Waals surface area contributed by atoms with E-state index < -0.39 is 0 Å². The Labute approximate surface area is 152 Å². The van der Waals surface area contributed by atoms with Crippen LogP contribution in [0.1, 0.15) is 44.7 Å². The summed E-state index contributed by atoms with van der Waals surface area (Å²) in [4.78, 5) is 24.0. The minimum absolute atomic E-state index is 0.0411. The van der Waals surface area contributed by atoms with Gasteiger partial charge in [0.05, 0.1) is 13.2 Å². The molecular weight excluding hydrogens is 336 g/mol. The molecule has 26 heavy (non-hydrogen) atoms. The van der Waals surface area contributed by atoms with E-state index >= 15 is 0 Å². The van der Waals surface area contributed by atoms with Gasteiger partial charge in [-0.1, -0.05) is 0 Å². The van der Waals surface area contributed by atoms with Crippen LogP contribution in [-0.4, -0.2) is 47.6 Å². The molecule has 0 radical (unpaired) electrons. The average Bonchev–Trinajstić information content (AvgIpc) is 3.05. The number of nitrogens with one attached hydrogen (secondary N) is 3. The average molecular weight is 362 g/mol. The maximum atomic E-state index is 12.3. The minimum Gasteiger partial charge on any atom is -0.446 e. The quantitative estimate of drug-likeness (QED) is 0.743. The van der Waals surface area contributed by atoms with Crippen molar-refractivity contribution in [1.82, 2.24) is 15.5 Å². The van der Waals surface area contributed by atoms with Gasteiger partial charge >= 0.3 is 6.09 Å². The zero-order chi connectivity index (χ0) is 18.3. The molecule has 0 bridgehead atoms. The second-order valence-corrected chi connectivity index (χ2v) is 7.93. The van der Waals surface area contributed by atoms with Crippen LogP contribution in [0.2, 0.25) is 0 Å². The Hall–Kier alpha value is -2.09. The van der Waals surface area contributed by atoms with E-state index in [0.717, 1.165) is 25.0 Å². The molecule has 0 aromatic carbocycles. The number of alkyl carbamates (subject to hydrolysis) is 1. The zero-order valence-electron chi connectivity index (χ0n) is 15.2. The fraction of sp³-hybridized carbons (Fsp3) is 0.722. The molecule has 0 spiro atoms. The molecule has 2 saturated carbocycles. The second-order valence-electron chi connectivity index (χ2n) is 7.93. The van der Waals surface area contributed by atoms with Gasteiger partial charge in [0.1, 0.15) is 6.10 Å². The van der Waals surface area contributed by atoms with Crippen LogP contribution >= 0.6 is 0 Å². The van der Waals surface area contributed by atoms with Crippen molar-refractivity contribution in [3.8, 4) is 0 Å². The van der Waals surface area contributed by atoms with E-state index in [1.54, 1.807) is 0 Å². The molecule has 8 heteroatoms. The monoisotopic (exact) mass is 362 g/mol. The molecule has 2 amide bonds. The largest absolute Gasteiger partial charge is 0.446 e. The molecule has 1 aromatic rings. The predicted molar refractivity (Wildman–Crippen MR) is 93.6 cm³/mol. The number of carbonyl (C=O) groups excluding carboxylic acids is 2.